The van der Waals surface area contributed by atoms with E-state index in [1.165, 1.54) is 80.1 Å². The first kappa shape index (κ1) is 26.5. The van der Waals surface area contributed by atoms with Crippen LogP contribution in [0.1, 0.15) is 112 Å². The Morgan fingerprint density at radius 2 is 1.33 bits per heavy atom. The summed E-state index contributed by atoms with van der Waals surface area (Å²) >= 11 is 0. The highest BCUT2D eigenvalue weighted by Gasteiger charge is 2.16. The van der Waals surface area contributed by atoms with E-state index in [1.54, 1.807) is 11.1 Å². The fraction of sp³-hybridized carbons (Fsp3) is 0.600. The Morgan fingerprint density at radius 3 is 1.83 bits per heavy atom. The largest absolute Gasteiger partial charge is 0.0996 e. The van der Waals surface area contributed by atoms with Gasteiger partial charge in [-0.15, -0.1) is 0 Å². The van der Waals surface area contributed by atoms with Gasteiger partial charge in [0.2, 0.25) is 0 Å². The highest BCUT2D eigenvalue weighted by Crippen LogP contribution is 2.32. The van der Waals surface area contributed by atoms with Gasteiger partial charge < -0.3 is 0 Å². The van der Waals surface area contributed by atoms with Crippen molar-refractivity contribution in [2.24, 2.45) is 5.92 Å². The van der Waals surface area contributed by atoms with Crippen molar-refractivity contribution in [2.45, 2.75) is 112 Å². The molecule has 0 aromatic heterocycles. The maximum Gasteiger partial charge on any atom is -0.0168 e. The molecule has 0 saturated carbocycles. The molecule has 30 heavy (non-hydrogen) atoms. The first-order chi connectivity index (χ1) is 14.3. The van der Waals surface area contributed by atoms with Crippen molar-refractivity contribution in [2.75, 3.05) is 0 Å². The van der Waals surface area contributed by atoms with Gasteiger partial charge in [0, 0.05) is 0 Å². The van der Waals surface area contributed by atoms with Crippen LogP contribution < -0.4 is 0 Å². The second kappa shape index (κ2) is 15.3. The smallest absolute Gasteiger partial charge is 0.0168 e. The van der Waals surface area contributed by atoms with Crippen LogP contribution in [0.4, 0.5) is 0 Å². The Labute approximate surface area is 188 Å². The Kier molecular flexibility index (Phi) is 13.5. The van der Waals surface area contributed by atoms with E-state index < -0.39 is 0 Å². The van der Waals surface area contributed by atoms with Crippen molar-refractivity contribution >= 4 is 0 Å². The third kappa shape index (κ3) is 12.9. The van der Waals surface area contributed by atoms with Gasteiger partial charge in [-0.05, 0) is 118 Å². The average Bonchev–Trinajstić information content (AvgIpc) is 2.68. The first-order valence-electron chi connectivity index (χ1n) is 12.2. The molecule has 1 atom stereocenters. The fourth-order valence-electron chi connectivity index (χ4n) is 4.08. The van der Waals surface area contributed by atoms with Gasteiger partial charge in [-0.3, -0.25) is 0 Å². The van der Waals surface area contributed by atoms with Gasteiger partial charge in [0.05, 0.1) is 0 Å². The zero-order valence-corrected chi connectivity index (χ0v) is 20.9. The van der Waals surface area contributed by atoms with Gasteiger partial charge in [0.1, 0.15) is 0 Å². The highest BCUT2D eigenvalue weighted by atomic mass is 14.2. The van der Waals surface area contributed by atoms with Crippen LogP contribution >= 0.6 is 0 Å². The second-order valence-electron chi connectivity index (χ2n) is 9.81. The zero-order chi connectivity index (χ0) is 22.4. The minimum atomic E-state index is 0.703. The molecule has 0 heterocycles. The van der Waals surface area contributed by atoms with Crippen LogP contribution in [-0.2, 0) is 0 Å². The summed E-state index contributed by atoms with van der Waals surface area (Å²) in [6.07, 6.45) is 25.4. The molecule has 0 aromatic rings. The third-order valence-electron chi connectivity index (χ3n) is 6.18. The molecule has 168 valence electrons. The summed E-state index contributed by atoms with van der Waals surface area (Å²) < 4.78 is 0. The maximum absolute atomic E-state index is 4.43. The lowest BCUT2D eigenvalue weighted by Gasteiger charge is -2.24. The van der Waals surface area contributed by atoms with Crippen LogP contribution in [0.15, 0.2) is 70.4 Å². The van der Waals surface area contributed by atoms with Crippen LogP contribution in [0.2, 0.25) is 0 Å². The Bertz CT molecular complexity index is 667. The van der Waals surface area contributed by atoms with Gasteiger partial charge in [-0.25, -0.2) is 0 Å². The molecule has 1 rings (SSSR count). The van der Waals surface area contributed by atoms with Crippen LogP contribution in [0.25, 0.3) is 0 Å². The lowest BCUT2D eigenvalue weighted by Crippen LogP contribution is -2.08. The first-order valence-corrected chi connectivity index (χ1v) is 12.2. The monoisotopic (exact) mass is 408 g/mol. The van der Waals surface area contributed by atoms with Crippen molar-refractivity contribution in [3.05, 3.63) is 70.4 Å². The molecular weight excluding hydrogens is 360 g/mol. The summed E-state index contributed by atoms with van der Waals surface area (Å²) in [5.41, 5.74) is 9.05. The molecule has 0 amide bonds. The van der Waals surface area contributed by atoms with Crippen LogP contribution in [0.3, 0.4) is 0 Å². The number of allylic oxidation sites excluding steroid dienone is 11. The molecule has 0 spiro atoms. The molecule has 0 heteroatoms. The van der Waals surface area contributed by atoms with Gasteiger partial charge in [-0.2, -0.15) is 0 Å². The van der Waals surface area contributed by atoms with Crippen molar-refractivity contribution in [3.8, 4) is 0 Å². The van der Waals surface area contributed by atoms with Crippen molar-refractivity contribution in [3.63, 3.8) is 0 Å². The lowest BCUT2D eigenvalue weighted by molar-refractivity contribution is 0.516. The highest BCUT2D eigenvalue weighted by molar-refractivity contribution is 5.15. The molecule has 0 N–H and O–H groups in total. The van der Waals surface area contributed by atoms with Gasteiger partial charge in [0.15, 0.2) is 0 Å². The average molecular weight is 409 g/mol. The molecule has 1 unspecified atom stereocenters. The molecule has 1 aliphatic rings. The predicted molar refractivity (Wildman–Crippen MR) is 138 cm³/mol. The molecule has 0 radical (unpaired) electrons. The summed E-state index contributed by atoms with van der Waals surface area (Å²) in [7, 11) is 0. The molecule has 0 aromatic carbocycles. The minimum Gasteiger partial charge on any atom is -0.0996 e. The number of hydrogen-bond acceptors (Lipinski definition) is 0. The van der Waals surface area contributed by atoms with E-state index in [0.29, 0.717) is 5.92 Å². The molecule has 0 fully saturated rings. The van der Waals surface area contributed by atoms with E-state index in [9.17, 15) is 0 Å². The SMILES string of the molecule is C=C(CC/C=C(\C)CCC=C(C)C)C1CC=C(CC/C=C(\C)CCC=C(C)C)CC1. The topological polar surface area (TPSA) is 0 Å². The van der Waals surface area contributed by atoms with E-state index in [4.69, 9.17) is 0 Å². The molecular formula is C30H48. The third-order valence-corrected chi connectivity index (χ3v) is 6.18. The summed E-state index contributed by atoms with van der Waals surface area (Å²) in [4.78, 5) is 0. The normalized spacial score (nSPS) is 17.4. The minimum absolute atomic E-state index is 0.703. The summed E-state index contributed by atoms with van der Waals surface area (Å²) in [6.45, 7) is 17.7. The van der Waals surface area contributed by atoms with E-state index in [0.717, 1.165) is 12.8 Å². The van der Waals surface area contributed by atoms with Crippen LogP contribution in [0, 0.1) is 5.92 Å². The zero-order valence-electron chi connectivity index (χ0n) is 20.9. The van der Waals surface area contributed by atoms with Crippen LogP contribution in [-0.4, -0.2) is 0 Å². The predicted octanol–water partition coefficient (Wildman–Crippen LogP) is 10.2. The maximum atomic E-state index is 4.43. The van der Waals surface area contributed by atoms with Crippen molar-refractivity contribution in [1.29, 1.82) is 0 Å². The number of rotatable bonds is 13. The molecule has 0 saturated heterocycles. The van der Waals surface area contributed by atoms with Gasteiger partial charge in [-0.1, -0.05) is 70.4 Å². The molecule has 0 bridgehead atoms. The molecule has 0 aliphatic heterocycles. The lowest BCUT2D eigenvalue weighted by atomic mass is 9.82. The van der Waals surface area contributed by atoms with E-state index in [1.807, 2.05) is 0 Å². The summed E-state index contributed by atoms with van der Waals surface area (Å²) in [6, 6.07) is 0. The second-order valence-corrected chi connectivity index (χ2v) is 9.81. The van der Waals surface area contributed by atoms with Gasteiger partial charge >= 0.3 is 0 Å². The molecule has 0 nitrogen and oxygen atoms in total. The Balaban J connectivity index is 2.29. The van der Waals surface area contributed by atoms with E-state index >= 15 is 0 Å². The molecule has 1 aliphatic carbocycles. The van der Waals surface area contributed by atoms with Gasteiger partial charge in [0.25, 0.3) is 0 Å². The van der Waals surface area contributed by atoms with E-state index in [-0.39, 0.29) is 0 Å². The van der Waals surface area contributed by atoms with Crippen molar-refractivity contribution < 1.29 is 0 Å². The number of hydrogen-bond donors (Lipinski definition) is 0. The Morgan fingerprint density at radius 1 is 0.800 bits per heavy atom. The van der Waals surface area contributed by atoms with E-state index in [2.05, 4.69) is 78.5 Å². The summed E-state index contributed by atoms with van der Waals surface area (Å²) in [5.74, 6) is 0.703. The quantitative estimate of drug-likeness (QED) is 0.266. The standard InChI is InChI=1S/C30H48/c1-24(2)12-8-14-26(5)16-10-18-28(7)30-22-20-29(21-23-30)19-11-17-27(6)15-9-13-25(3)4/h12-13,16-17,20,30H,7-11,14-15,18-19,21-23H2,1-6H3/b26-16+,27-17+. The van der Waals surface area contributed by atoms with Crippen molar-refractivity contribution in [1.82, 2.24) is 0 Å². The fourth-order valence-corrected chi connectivity index (χ4v) is 4.08. The summed E-state index contributed by atoms with van der Waals surface area (Å²) in [5, 5.41) is 0. The van der Waals surface area contributed by atoms with Crippen LogP contribution in [0.5, 0.6) is 0 Å². The Hall–Kier alpha value is -1.56.